The molecule has 2 aromatic rings. The van der Waals surface area contributed by atoms with Gasteiger partial charge in [-0.2, -0.15) is 0 Å². The summed E-state index contributed by atoms with van der Waals surface area (Å²) in [5.41, 5.74) is 2.39. The van der Waals surface area contributed by atoms with Crippen molar-refractivity contribution in [3.05, 3.63) is 68.1 Å². The molecule has 0 spiro atoms. The maximum atomic E-state index is 6.10. The number of hydrogen-bond acceptors (Lipinski definition) is 1. The van der Waals surface area contributed by atoms with Gasteiger partial charge in [-0.1, -0.05) is 58.2 Å². The van der Waals surface area contributed by atoms with Gasteiger partial charge >= 0.3 is 0 Å². The van der Waals surface area contributed by atoms with Crippen LogP contribution < -0.4 is 5.32 Å². The van der Waals surface area contributed by atoms with Crippen molar-refractivity contribution < 1.29 is 0 Å². The first-order chi connectivity index (χ1) is 9.58. The van der Waals surface area contributed by atoms with Crippen molar-refractivity contribution in [1.82, 2.24) is 5.32 Å². The van der Waals surface area contributed by atoms with Crippen molar-refractivity contribution >= 4 is 39.1 Å². The van der Waals surface area contributed by atoms with Gasteiger partial charge in [0.15, 0.2) is 0 Å². The van der Waals surface area contributed by atoms with Crippen molar-refractivity contribution in [2.24, 2.45) is 0 Å². The zero-order valence-electron chi connectivity index (χ0n) is 11.2. The minimum atomic E-state index is 0.206. The summed E-state index contributed by atoms with van der Waals surface area (Å²) in [5, 5.41) is 4.83. The molecule has 2 aromatic carbocycles. The van der Waals surface area contributed by atoms with E-state index in [4.69, 9.17) is 23.2 Å². The van der Waals surface area contributed by atoms with Crippen LogP contribution in [-0.4, -0.2) is 6.54 Å². The quantitative estimate of drug-likeness (QED) is 0.714. The number of benzene rings is 2. The molecular formula is C16H16BrCl2N. The molecular weight excluding hydrogens is 357 g/mol. The van der Waals surface area contributed by atoms with E-state index in [-0.39, 0.29) is 6.04 Å². The van der Waals surface area contributed by atoms with E-state index >= 15 is 0 Å². The van der Waals surface area contributed by atoms with Gasteiger partial charge in [-0.05, 0) is 54.4 Å². The zero-order valence-corrected chi connectivity index (χ0v) is 14.3. The molecule has 0 aliphatic heterocycles. The Bertz CT molecular complexity index is 549. The summed E-state index contributed by atoms with van der Waals surface area (Å²) >= 11 is 15.7. The number of hydrogen-bond donors (Lipinski definition) is 1. The van der Waals surface area contributed by atoms with Gasteiger partial charge < -0.3 is 5.32 Å². The summed E-state index contributed by atoms with van der Waals surface area (Å²) < 4.78 is 1.09. The molecule has 1 atom stereocenters. The van der Waals surface area contributed by atoms with Crippen LogP contribution >= 0.6 is 39.1 Å². The van der Waals surface area contributed by atoms with Crippen molar-refractivity contribution in [1.29, 1.82) is 0 Å². The lowest BCUT2D eigenvalue weighted by atomic mass is 9.99. The highest BCUT2D eigenvalue weighted by atomic mass is 79.9. The van der Waals surface area contributed by atoms with E-state index in [1.807, 2.05) is 12.1 Å². The Morgan fingerprint density at radius 3 is 2.20 bits per heavy atom. The molecule has 0 aromatic heterocycles. The number of nitrogens with one attached hydrogen (secondary N) is 1. The molecule has 20 heavy (non-hydrogen) atoms. The second-order valence-corrected chi connectivity index (χ2v) is 6.43. The van der Waals surface area contributed by atoms with E-state index in [1.54, 1.807) is 6.07 Å². The van der Waals surface area contributed by atoms with Gasteiger partial charge in [-0.3, -0.25) is 0 Å². The standard InChI is InChI=1S/C16H16BrCl2N/c1-2-20-16(7-11-3-5-13(17)6-4-11)12-8-14(18)10-15(19)9-12/h3-6,8-10,16,20H,2,7H2,1H3. The predicted molar refractivity (Wildman–Crippen MR) is 90.7 cm³/mol. The summed E-state index contributed by atoms with van der Waals surface area (Å²) in [5.74, 6) is 0. The summed E-state index contributed by atoms with van der Waals surface area (Å²) in [4.78, 5) is 0. The van der Waals surface area contributed by atoms with Crippen LogP contribution in [-0.2, 0) is 6.42 Å². The molecule has 0 aliphatic carbocycles. The molecule has 4 heteroatoms. The second-order valence-electron chi connectivity index (χ2n) is 4.64. The summed E-state index contributed by atoms with van der Waals surface area (Å²) in [6.07, 6.45) is 0.901. The number of halogens is 3. The van der Waals surface area contributed by atoms with Gasteiger partial charge in [0.25, 0.3) is 0 Å². The molecule has 0 fully saturated rings. The molecule has 0 saturated carbocycles. The number of likely N-dealkylation sites (N-methyl/N-ethyl adjacent to an activating group) is 1. The fourth-order valence-electron chi connectivity index (χ4n) is 2.19. The third-order valence-electron chi connectivity index (χ3n) is 3.09. The fourth-order valence-corrected chi connectivity index (χ4v) is 2.99. The van der Waals surface area contributed by atoms with Crippen LogP contribution in [0.3, 0.4) is 0 Å². The molecule has 1 unspecified atom stereocenters. The Morgan fingerprint density at radius 2 is 1.65 bits per heavy atom. The largest absolute Gasteiger partial charge is 0.310 e. The van der Waals surface area contributed by atoms with Crippen LogP contribution in [0.4, 0.5) is 0 Å². The Kier molecular flexibility index (Phi) is 5.91. The normalized spacial score (nSPS) is 12.4. The van der Waals surface area contributed by atoms with Crippen molar-refractivity contribution in [2.75, 3.05) is 6.54 Å². The third-order valence-corrected chi connectivity index (χ3v) is 4.06. The highest BCUT2D eigenvalue weighted by molar-refractivity contribution is 9.10. The molecule has 1 N–H and O–H groups in total. The zero-order chi connectivity index (χ0) is 14.5. The lowest BCUT2D eigenvalue weighted by molar-refractivity contribution is 0.550. The highest BCUT2D eigenvalue weighted by Crippen LogP contribution is 2.26. The average molecular weight is 373 g/mol. The van der Waals surface area contributed by atoms with Gasteiger partial charge in [0.2, 0.25) is 0 Å². The first-order valence-corrected chi connectivity index (χ1v) is 8.07. The SMILES string of the molecule is CCNC(Cc1ccc(Br)cc1)c1cc(Cl)cc(Cl)c1. The fraction of sp³-hybridized carbons (Fsp3) is 0.250. The highest BCUT2D eigenvalue weighted by Gasteiger charge is 2.12. The lowest BCUT2D eigenvalue weighted by Crippen LogP contribution is -2.23. The van der Waals surface area contributed by atoms with Crippen LogP contribution in [0.25, 0.3) is 0 Å². The molecule has 0 amide bonds. The van der Waals surface area contributed by atoms with Crippen LogP contribution in [0, 0.1) is 0 Å². The van der Waals surface area contributed by atoms with Gasteiger partial charge in [0, 0.05) is 20.6 Å². The molecule has 0 aliphatic rings. The monoisotopic (exact) mass is 371 g/mol. The van der Waals surface area contributed by atoms with Gasteiger partial charge in [0.1, 0.15) is 0 Å². The molecule has 0 heterocycles. The first kappa shape index (κ1) is 15.8. The predicted octanol–water partition coefficient (Wildman–Crippen LogP) is 5.65. The minimum Gasteiger partial charge on any atom is -0.310 e. The van der Waals surface area contributed by atoms with Crippen LogP contribution in [0.2, 0.25) is 10.0 Å². The molecule has 2 rings (SSSR count). The van der Waals surface area contributed by atoms with E-state index in [1.165, 1.54) is 5.56 Å². The van der Waals surface area contributed by atoms with Crippen LogP contribution in [0.1, 0.15) is 24.1 Å². The molecule has 0 saturated heterocycles. The molecule has 1 nitrogen and oxygen atoms in total. The molecule has 0 bridgehead atoms. The smallest absolute Gasteiger partial charge is 0.0424 e. The number of rotatable bonds is 5. The summed E-state index contributed by atoms with van der Waals surface area (Å²) in [7, 11) is 0. The molecule has 106 valence electrons. The van der Waals surface area contributed by atoms with Crippen molar-refractivity contribution in [3.8, 4) is 0 Å². The van der Waals surface area contributed by atoms with Crippen molar-refractivity contribution in [3.63, 3.8) is 0 Å². The Balaban J connectivity index is 2.23. The van der Waals surface area contributed by atoms with E-state index in [2.05, 4.69) is 52.4 Å². The van der Waals surface area contributed by atoms with E-state index < -0.39 is 0 Å². The summed E-state index contributed by atoms with van der Waals surface area (Å²) in [6, 6.07) is 14.3. The first-order valence-electron chi connectivity index (χ1n) is 6.52. The topological polar surface area (TPSA) is 12.0 Å². The molecule has 0 radical (unpaired) electrons. The summed E-state index contributed by atoms with van der Waals surface area (Å²) in [6.45, 7) is 2.99. The van der Waals surface area contributed by atoms with Crippen molar-refractivity contribution in [2.45, 2.75) is 19.4 Å². The average Bonchev–Trinajstić information content (AvgIpc) is 2.39. The Morgan fingerprint density at radius 1 is 1.05 bits per heavy atom. The Hall–Kier alpha value is -0.540. The lowest BCUT2D eigenvalue weighted by Gasteiger charge is -2.19. The maximum Gasteiger partial charge on any atom is 0.0424 e. The van der Waals surface area contributed by atoms with Gasteiger partial charge in [0.05, 0.1) is 0 Å². The van der Waals surface area contributed by atoms with E-state index in [0.29, 0.717) is 10.0 Å². The second kappa shape index (κ2) is 7.46. The minimum absolute atomic E-state index is 0.206. The maximum absolute atomic E-state index is 6.10. The van der Waals surface area contributed by atoms with Crippen LogP contribution in [0.5, 0.6) is 0 Å². The Labute approximate surface area is 138 Å². The van der Waals surface area contributed by atoms with Crippen LogP contribution in [0.15, 0.2) is 46.9 Å². The van der Waals surface area contributed by atoms with E-state index in [0.717, 1.165) is 23.0 Å². The van der Waals surface area contributed by atoms with E-state index in [9.17, 15) is 0 Å². The van der Waals surface area contributed by atoms with Gasteiger partial charge in [-0.15, -0.1) is 0 Å². The third kappa shape index (κ3) is 4.49. The van der Waals surface area contributed by atoms with Gasteiger partial charge in [-0.25, -0.2) is 0 Å².